The number of fused-ring (bicyclic) bond motifs is 2. The normalized spacial score (nSPS) is 23.3. The summed E-state index contributed by atoms with van der Waals surface area (Å²) in [7, 11) is 0. The molecule has 1 aromatic heterocycles. The molecule has 0 saturated carbocycles. The van der Waals surface area contributed by atoms with Gasteiger partial charge in [0.2, 0.25) is 0 Å². The van der Waals surface area contributed by atoms with Gasteiger partial charge in [-0.3, -0.25) is 9.80 Å². The van der Waals surface area contributed by atoms with Gasteiger partial charge >= 0.3 is 6.03 Å². The molecule has 0 radical (unpaired) electrons. The van der Waals surface area contributed by atoms with Crippen molar-refractivity contribution in [3.05, 3.63) is 71.6 Å². The number of carbonyl (C=O) groups excluding carboxylic acids is 1. The van der Waals surface area contributed by atoms with E-state index >= 15 is 0 Å². The fourth-order valence-corrected chi connectivity index (χ4v) is 4.12. The number of urea groups is 1. The number of aliphatic imine (C=N–C) groups is 1. The van der Waals surface area contributed by atoms with E-state index in [-0.39, 0.29) is 18.2 Å². The lowest BCUT2D eigenvalue weighted by atomic mass is 10.1. The van der Waals surface area contributed by atoms with Gasteiger partial charge in [-0.2, -0.15) is 0 Å². The lowest BCUT2D eigenvalue weighted by Crippen LogP contribution is -2.53. The predicted octanol–water partition coefficient (Wildman–Crippen LogP) is 2.49. The molecule has 1 saturated heterocycles. The van der Waals surface area contributed by atoms with Crippen molar-refractivity contribution in [3.8, 4) is 0 Å². The van der Waals surface area contributed by atoms with Crippen LogP contribution >= 0.6 is 0 Å². The molecule has 2 amide bonds. The summed E-state index contributed by atoms with van der Waals surface area (Å²) in [6, 6.07) is 12.4. The largest absolute Gasteiger partial charge is 0.472 e. The highest BCUT2D eigenvalue weighted by molar-refractivity contribution is 6.02. The molecule has 0 bridgehead atoms. The Morgan fingerprint density at radius 1 is 1.25 bits per heavy atom. The van der Waals surface area contributed by atoms with Crippen molar-refractivity contribution < 1.29 is 9.21 Å². The molecular weight excluding hydrogens is 354 g/mol. The van der Waals surface area contributed by atoms with Crippen molar-refractivity contribution >= 4 is 11.9 Å². The minimum absolute atomic E-state index is 0.0210. The van der Waals surface area contributed by atoms with Crippen LogP contribution in [0.15, 0.2) is 69.9 Å². The molecule has 3 aliphatic heterocycles. The number of hydrogen-bond acceptors (Lipinski definition) is 5. The van der Waals surface area contributed by atoms with E-state index in [9.17, 15) is 4.79 Å². The molecule has 2 N–H and O–H groups in total. The number of rotatable bonds is 5. The van der Waals surface area contributed by atoms with Crippen LogP contribution in [-0.2, 0) is 6.42 Å². The number of nitrogens with zero attached hydrogens (tertiary/aromatic N) is 3. The number of nitrogens with one attached hydrogen (secondary N) is 2. The van der Waals surface area contributed by atoms with Crippen LogP contribution in [0.3, 0.4) is 0 Å². The standard InChI is InChI=1S/C21H23N5O2/c1-2-9-25-20-17(23-18(24-20)15-8-10-28-13-15)19-22-16(12-26(19)21(25)27)11-14-6-4-3-5-7-14/h3-8,10,13,16,20,22H,2,9,11-12H2,1H3,(H,23,24)/t16-,20?/m1/s1. The van der Waals surface area contributed by atoms with E-state index in [1.807, 2.05) is 34.1 Å². The molecule has 0 aliphatic carbocycles. The summed E-state index contributed by atoms with van der Waals surface area (Å²) >= 11 is 0. The summed E-state index contributed by atoms with van der Waals surface area (Å²) in [5.41, 5.74) is 3.09. The predicted molar refractivity (Wildman–Crippen MR) is 105 cm³/mol. The minimum atomic E-state index is -0.313. The summed E-state index contributed by atoms with van der Waals surface area (Å²) in [5.74, 6) is 1.59. The van der Waals surface area contributed by atoms with Crippen LogP contribution in [0.25, 0.3) is 0 Å². The van der Waals surface area contributed by atoms with Gasteiger partial charge in [0.25, 0.3) is 0 Å². The van der Waals surface area contributed by atoms with Gasteiger partial charge in [-0.1, -0.05) is 37.3 Å². The molecule has 1 fully saturated rings. The van der Waals surface area contributed by atoms with Crippen molar-refractivity contribution in [2.45, 2.75) is 32.0 Å². The van der Waals surface area contributed by atoms with Crippen LogP contribution in [0, 0.1) is 0 Å². The molecular formula is C21H23N5O2. The first-order chi connectivity index (χ1) is 13.7. The zero-order chi connectivity index (χ0) is 19.1. The fraction of sp³-hybridized carbons (Fsp3) is 0.333. The second kappa shape index (κ2) is 6.74. The molecule has 2 atom stereocenters. The summed E-state index contributed by atoms with van der Waals surface area (Å²) in [4.78, 5) is 21.7. The number of amides is 2. The highest BCUT2D eigenvalue weighted by atomic mass is 16.3. The van der Waals surface area contributed by atoms with Crippen molar-refractivity contribution in [1.29, 1.82) is 0 Å². The molecule has 1 aromatic carbocycles. The third kappa shape index (κ3) is 2.74. The SMILES string of the molecule is CCCN1C(=O)N2C[C@@H](Cc3ccccc3)NC2=C2NC(c3ccoc3)=NC21. The Balaban J connectivity index is 1.46. The highest BCUT2D eigenvalue weighted by Crippen LogP contribution is 2.32. The summed E-state index contributed by atoms with van der Waals surface area (Å²) < 4.78 is 5.20. The molecule has 3 aliphatic rings. The first-order valence-electron chi connectivity index (χ1n) is 9.74. The van der Waals surface area contributed by atoms with E-state index in [1.165, 1.54) is 5.56 Å². The van der Waals surface area contributed by atoms with Crippen molar-refractivity contribution in [3.63, 3.8) is 0 Å². The average Bonchev–Trinajstić information content (AvgIpc) is 3.44. The number of hydrogen-bond donors (Lipinski definition) is 2. The first-order valence-corrected chi connectivity index (χ1v) is 9.74. The van der Waals surface area contributed by atoms with Crippen LogP contribution in [0.1, 0.15) is 24.5 Å². The molecule has 7 nitrogen and oxygen atoms in total. The van der Waals surface area contributed by atoms with E-state index in [0.717, 1.165) is 35.8 Å². The zero-order valence-electron chi connectivity index (χ0n) is 15.8. The molecule has 0 spiro atoms. The lowest BCUT2D eigenvalue weighted by Gasteiger charge is -2.36. The van der Waals surface area contributed by atoms with Crippen molar-refractivity contribution in [2.75, 3.05) is 13.1 Å². The van der Waals surface area contributed by atoms with Gasteiger partial charge in [0, 0.05) is 19.1 Å². The van der Waals surface area contributed by atoms with Gasteiger partial charge < -0.3 is 15.1 Å². The topological polar surface area (TPSA) is 73.1 Å². The summed E-state index contributed by atoms with van der Waals surface area (Å²) in [6.45, 7) is 3.40. The second-order valence-corrected chi connectivity index (χ2v) is 7.37. The third-order valence-electron chi connectivity index (χ3n) is 5.39. The van der Waals surface area contributed by atoms with Crippen molar-refractivity contribution in [2.24, 2.45) is 4.99 Å². The highest BCUT2D eigenvalue weighted by Gasteiger charge is 2.46. The fourth-order valence-electron chi connectivity index (χ4n) is 4.12. The van der Waals surface area contributed by atoms with Gasteiger partial charge in [-0.05, 0) is 24.5 Å². The Hall–Kier alpha value is -3.22. The number of furan rings is 1. The first kappa shape index (κ1) is 16.9. The van der Waals surface area contributed by atoms with E-state index in [2.05, 4.69) is 29.7 Å². The summed E-state index contributed by atoms with van der Waals surface area (Å²) in [5, 5.41) is 7.00. The van der Waals surface area contributed by atoms with Crippen LogP contribution in [0.4, 0.5) is 4.79 Å². The van der Waals surface area contributed by atoms with Crippen LogP contribution in [0.2, 0.25) is 0 Å². The Labute approximate surface area is 163 Å². The molecule has 28 heavy (non-hydrogen) atoms. The molecule has 2 aromatic rings. The minimum Gasteiger partial charge on any atom is -0.472 e. The van der Waals surface area contributed by atoms with Crippen LogP contribution in [-0.4, -0.2) is 47.0 Å². The molecule has 4 heterocycles. The Kier molecular flexibility index (Phi) is 4.07. The quantitative estimate of drug-likeness (QED) is 0.840. The maximum atomic E-state index is 13.2. The lowest BCUT2D eigenvalue weighted by molar-refractivity contribution is 0.146. The Morgan fingerprint density at radius 3 is 2.86 bits per heavy atom. The number of benzene rings is 1. The molecule has 7 heteroatoms. The number of carbonyl (C=O) groups is 1. The van der Waals surface area contributed by atoms with Gasteiger partial charge in [0.15, 0.2) is 6.17 Å². The molecule has 1 unspecified atom stereocenters. The number of amidine groups is 1. The van der Waals surface area contributed by atoms with Gasteiger partial charge in [0.05, 0.1) is 11.8 Å². The molecule has 144 valence electrons. The van der Waals surface area contributed by atoms with Gasteiger partial charge in [-0.15, -0.1) is 0 Å². The van der Waals surface area contributed by atoms with Crippen LogP contribution in [0.5, 0.6) is 0 Å². The van der Waals surface area contributed by atoms with Gasteiger partial charge in [-0.25, -0.2) is 9.79 Å². The summed E-state index contributed by atoms with van der Waals surface area (Å²) in [6.07, 6.45) is 4.74. The maximum Gasteiger partial charge on any atom is 0.327 e. The maximum absolute atomic E-state index is 13.2. The smallest absolute Gasteiger partial charge is 0.327 e. The molecule has 5 rings (SSSR count). The Bertz CT molecular complexity index is 935. The van der Waals surface area contributed by atoms with Crippen LogP contribution < -0.4 is 10.6 Å². The van der Waals surface area contributed by atoms with E-state index in [1.54, 1.807) is 12.5 Å². The average molecular weight is 377 g/mol. The van der Waals surface area contributed by atoms with Crippen molar-refractivity contribution in [1.82, 2.24) is 20.4 Å². The monoisotopic (exact) mass is 377 g/mol. The second-order valence-electron chi connectivity index (χ2n) is 7.37. The Morgan fingerprint density at radius 2 is 2.11 bits per heavy atom. The van der Waals surface area contributed by atoms with Gasteiger partial charge in [0.1, 0.15) is 23.6 Å². The third-order valence-corrected chi connectivity index (χ3v) is 5.39. The van der Waals surface area contributed by atoms with E-state index in [0.29, 0.717) is 13.1 Å². The zero-order valence-corrected chi connectivity index (χ0v) is 15.8. The van der Waals surface area contributed by atoms with E-state index in [4.69, 9.17) is 9.41 Å². The van der Waals surface area contributed by atoms with E-state index < -0.39 is 0 Å².